The zero-order chi connectivity index (χ0) is 68.2. The van der Waals surface area contributed by atoms with E-state index < -0.39 is 24.3 Å². The van der Waals surface area contributed by atoms with Gasteiger partial charge in [-0.1, -0.05) is 381 Å². The van der Waals surface area contributed by atoms with Crippen molar-refractivity contribution >= 4 is 17.9 Å². The summed E-state index contributed by atoms with van der Waals surface area (Å²) in [6, 6.07) is 0. The molecule has 0 aliphatic carbocycles. The highest BCUT2D eigenvalue weighted by atomic mass is 16.7. The van der Waals surface area contributed by atoms with Crippen molar-refractivity contribution in [2.24, 2.45) is 0 Å². The van der Waals surface area contributed by atoms with Crippen LogP contribution in [0.25, 0.3) is 0 Å². The van der Waals surface area contributed by atoms with Gasteiger partial charge in [0.15, 0.2) is 6.10 Å². The smallest absolute Gasteiger partial charge is 0.361 e. The number of quaternary nitrogens is 1. The van der Waals surface area contributed by atoms with Crippen molar-refractivity contribution in [3.63, 3.8) is 0 Å². The second-order valence-corrected chi connectivity index (χ2v) is 28.4. The first kappa shape index (κ1) is 90.5. The molecule has 0 aromatic rings. The maximum atomic E-state index is 13.0. The number of esters is 2. The van der Waals surface area contributed by atoms with Crippen LogP contribution in [0.2, 0.25) is 0 Å². The summed E-state index contributed by atoms with van der Waals surface area (Å²) in [4.78, 5) is 37.7. The summed E-state index contributed by atoms with van der Waals surface area (Å²) >= 11 is 0. The first-order valence-corrected chi connectivity index (χ1v) is 40.3. The van der Waals surface area contributed by atoms with Gasteiger partial charge in [0.25, 0.3) is 6.29 Å². The summed E-state index contributed by atoms with van der Waals surface area (Å²) in [6.45, 7) is 4.82. The van der Waals surface area contributed by atoms with E-state index >= 15 is 0 Å². The maximum Gasteiger partial charge on any atom is 0.361 e. The maximum absolute atomic E-state index is 13.0. The third-order valence-electron chi connectivity index (χ3n) is 17.9. The lowest BCUT2D eigenvalue weighted by Crippen LogP contribution is -2.40. The summed E-state index contributed by atoms with van der Waals surface area (Å²) < 4.78 is 23.1. The number of hydrogen-bond acceptors (Lipinski definition) is 7. The van der Waals surface area contributed by atoms with Crippen LogP contribution in [0.4, 0.5) is 0 Å². The molecule has 0 spiro atoms. The van der Waals surface area contributed by atoms with Gasteiger partial charge in [0.1, 0.15) is 13.2 Å². The number of carboxylic acid groups (broad SMARTS) is 1. The molecule has 0 aromatic carbocycles. The minimum Gasteiger partial charge on any atom is -0.477 e. The molecule has 2 atom stereocenters. The van der Waals surface area contributed by atoms with Gasteiger partial charge in [0, 0.05) is 12.8 Å². The molecule has 0 aliphatic heterocycles. The Kier molecular flexibility index (Phi) is 72.4. The number of aliphatic carboxylic acids is 1. The van der Waals surface area contributed by atoms with Crippen molar-refractivity contribution in [3.8, 4) is 0 Å². The quantitative estimate of drug-likeness (QED) is 0.0211. The van der Waals surface area contributed by atoms with E-state index in [1.54, 1.807) is 0 Å². The van der Waals surface area contributed by atoms with E-state index in [1.165, 1.54) is 257 Å². The first-order chi connectivity index (χ1) is 46.1. The number of hydrogen-bond donors (Lipinski definition) is 1. The lowest BCUT2D eigenvalue weighted by molar-refractivity contribution is -0.870. The Morgan fingerprint density at radius 1 is 0.330 bits per heavy atom. The Hall–Kier alpha value is -3.53. The number of ether oxygens (including phenoxy) is 4. The fourth-order valence-electron chi connectivity index (χ4n) is 11.8. The van der Waals surface area contributed by atoms with Gasteiger partial charge < -0.3 is 28.5 Å². The molecule has 94 heavy (non-hydrogen) atoms. The predicted octanol–water partition coefficient (Wildman–Crippen LogP) is 25.8. The zero-order valence-electron chi connectivity index (χ0n) is 62.6. The fraction of sp³-hybridized carbons (Fsp3) is 0.800. The van der Waals surface area contributed by atoms with Crippen LogP contribution in [0, 0.1) is 0 Å². The highest BCUT2D eigenvalue weighted by molar-refractivity contribution is 5.71. The lowest BCUT2D eigenvalue weighted by atomic mass is 10.0. The number of carboxylic acids is 1. The van der Waals surface area contributed by atoms with Crippen LogP contribution in [0.3, 0.4) is 0 Å². The molecule has 546 valence electrons. The summed E-state index contributed by atoms with van der Waals surface area (Å²) in [5, 5.41) is 9.77. The van der Waals surface area contributed by atoms with Crippen LogP contribution in [-0.4, -0.2) is 87.4 Å². The molecule has 9 heteroatoms. The van der Waals surface area contributed by atoms with Gasteiger partial charge in [0.2, 0.25) is 0 Å². The topological polar surface area (TPSA) is 108 Å². The standard InChI is InChI=1S/C85H153NO8/c1-6-8-10-12-14-16-18-20-22-24-26-28-30-32-34-36-38-40-41-42-44-45-47-49-51-53-55-57-59-61-63-65-67-69-71-73-75-82(87)92-79-81(80-93-85(84(89)90)91-78-77-86(3,4)5)94-83(88)76-74-72-70-68-66-64-62-60-58-56-54-52-50-48-46-43-39-37-35-33-31-29-27-25-23-21-19-17-15-13-11-9-7-2/h9,11,15,17,21,23,27,29,33,35,39,43,48,50,81,85H,6-8,10,12-14,16,18-20,22,24-26,28,30-32,34,36-38,40-42,44-47,49,51-80H2,1-5H3/p+1/b11-9-,17-15-,23-21-,29-27-,35-33-,43-39-,50-48-. The van der Waals surface area contributed by atoms with E-state index in [1.807, 2.05) is 21.1 Å². The molecular formula is C85H154NO8+. The third kappa shape index (κ3) is 75.8. The van der Waals surface area contributed by atoms with Gasteiger partial charge in [0.05, 0.1) is 34.4 Å². The van der Waals surface area contributed by atoms with Crippen LogP contribution < -0.4 is 0 Å². The number of likely N-dealkylation sites (N-methyl/N-ethyl adjacent to an activating group) is 1. The van der Waals surface area contributed by atoms with Gasteiger partial charge in [-0.2, -0.15) is 0 Å². The van der Waals surface area contributed by atoms with Crippen molar-refractivity contribution in [2.45, 2.75) is 392 Å². The van der Waals surface area contributed by atoms with Crippen molar-refractivity contribution in [1.82, 2.24) is 0 Å². The van der Waals surface area contributed by atoms with Crippen LogP contribution in [0.1, 0.15) is 380 Å². The van der Waals surface area contributed by atoms with Gasteiger partial charge in [-0.05, 0) is 70.6 Å². The molecule has 0 radical (unpaired) electrons. The van der Waals surface area contributed by atoms with Crippen molar-refractivity contribution in [3.05, 3.63) is 85.1 Å². The highest BCUT2D eigenvalue weighted by Crippen LogP contribution is 2.20. The van der Waals surface area contributed by atoms with E-state index in [4.69, 9.17) is 18.9 Å². The normalized spacial score (nSPS) is 13.1. The minimum absolute atomic E-state index is 0.182. The Morgan fingerprint density at radius 3 is 0.904 bits per heavy atom. The number of carbonyl (C=O) groups excluding carboxylic acids is 2. The van der Waals surface area contributed by atoms with Gasteiger partial charge in [-0.15, -0.1) is 0 Å². The average molecular weight is 1320 g/mol. The van der Waals surface area contributed by atoms with Crippen LogP contribution >= 0.6 is 0 Å². The Labute approximate surface area is 582 Å². The molecular weight excluding hydrogens is 1160 g/mol. The number of nitrogens with zero attached hydrogens (tertiary/aromatic N) is 1. The number of allylic oxidation sites excluding steroid dienone is 14. The molecule has 0 amide bonds. The molecule has 0 aromatic heterocycles. The molecule has 9 nitrogen and oxygen atoms in total. The van der Waals surface area contributed by atoms with Gasteiger partial charge >= 0.3 is 17.9 Å². The van der Waals surface area contributed by atoms with Crippen molar-refractivity contribution in [2.75, 3.05) is 47.5 Å². The monoisotopic (exact) mass is 1320 g/mol. The number of rotatable bonds is 75. The molecule has 0 aliphatic rings. The fourth-order valence-corrected chi connectivity index (χ4v) is 11.8. The van der Waals surface area contributed by atoms with E-state index in [0.29, 0.717) is 23.9 Å². The molecule has 0 fully saturated rings. The Bertz CT molecular complexity index is 1820. The molecule has 0 saturated heterocycles. The first-order valence-electron chi connectivity index (χ1n) is 40.3. The Morgan fingerprint density at radius 2 is 0.606 bits per heavy atom. The van der Waals surface area contributed by atoms with Crippen LogP contribution in [0.5, 0.6) is 0 Å². The van der Waals surface area contributed by atoms with Crippen molar-refractivity contribution < 1.29 is 42.9 Å². The second kappa shape index (κ2) is 75.2. The van der Waals surface area contributed by atoms with Crippen molar-refractivity contribution in [1.29, 1.82) is 0 Å². The van der Waals surface area contributed by atoms with E-state index in [0.717, 1.165) is 89.9 Å². The summed E-state index contributed by atoms with van der Waals surface area (Å²) in [5.74, 6) is -1.99. The van der Waals surface area contributed by atoms with Crippen LogP contribution in [0.15, 0.2) is 85.1 Å². The molecule has 0 saturated carbocycles. The molecule has 0 bridgehead atoms. The van der Waals surface area contributed by atoms with Gasteiger partial charge in [-0.25, -0.2) is 4.79 Å². The molecule has 1 N–H and O–H groups in total. The predicted molar refractivity (Wildman–Crippen MR) is 406 cm³/mol. The molecule has 0 rings (SSSR count). The highest BCUT2D eigenvalue weighted by Gasteiger charge is 2.25. The SMILES string of the molecule is CC/C=C\C/C=C\C/C=C\C/C=C\C/C=C\C/C=C\C/C=C\CCCCCCCCCCCCCC(=O)OC(COC(=O)CCCCCCCCCCCCCCCCCCCCCCCCCCCCCCCCCCCCCC)COC(OCC[N+](C)(C)C)C(=O)O. The largest absolute Gasteiger partial charge is 0.477 e. The summed E-state index contributed by atoms with van der Waals surface area (Å²) in [6.07, 6.45) is 100. The number of unbranched alkanes of at least 4 members (excludes halogenated alkanes) is 46. The van der Waals surface area contributed by atoms with Gasteiger partial charge in [-0.3, -0.25) is 9.59 Å². The lowest BCUT2D eigenvalue weighted by Gasteiger charge is -2.25. The Balaban J connectivity index is 4.01. The average Bonchev–Trinajstić information content (AvgIpc) is 3.35. The minimum atomic E-state index is -1.51. The summed E-state index contributed by atoms with van der Waals surface area (Å²) in [5.41, 5.74) is 0. The molecule has 2 unspecified atom stereocenters. The third-order valence-corrected chi connectivity index (χ3v) is 17.9. The summed E-state index contributed by atoms with van der Waals surface area (Å²) in [7, 11) is 5.99. The van der Waals surface area contributed by atoms with E-state index in [9.17, 15) is 19.5 Å². The second-order valence-electron chi connectivity index (χ2n) is 28.4. The zero-order valence-corrected chi connectivity index (χ0v) is 62.6. The number of carbonyl (C=O) groups is 3. The molecule has 0 heterocycles. The van der Waals surface area contributed by atoms with E-state index in [-0.39, 0.29) is 32.2 Å². The van der Waals surface area contributed by atoms with E-state index in [2.05, 4.69) is 98.9 Å². The van der Waals surface area contributed by atoms with Crippen LogP contribution in [-0.2, 0) is 33.3 Å².